The van der Waals surface area contributed by atoms with Crippen LogP contribution in [0.2, 0.25) is 0 Å². The smallest absolute Gasteiger partial charge is 0.238 e. The monoisotopic (exact) mass is 224 g/mol. The molecule has 0 aliphatic rings. The molecule has 0 bridgehead atoms. The van der Waals surface area contributed by atoms with Gasteiger partial charge in [0.15, 0.2) is 0 Å². The van der Waals surface area contributed by atoms with Gasteiger partial charge in [-0.3, -0.25) is 0 Å². The van der Waals surface area contributed by atoms with Gasteiger partial charge in [-0.05, 0) is 33.2 Å². The quantitative estimate of drug-likeness (QED) is 0.782. The molecule has 3 N–H and O–H groups in total. The fourth-order valence-corrected chi connectivity index (χ4v) is 1.15. The highest BCUT2D eigenvalue weighted by atomic mass is 16.5. The topological polar surface area (TPSA) is 63.4 Å². The van der Waals surface area contributed by atoms with E-state index in [0.29, 0.717) is 17.6 Å². The summed E-state index contributed by atoms with van der Waals surface area (Å²) in [5, 5.41) is 3.24. The van der Waals surface area contributed by atoms with E-state index >= 15 is 0 Å². The number of aromatic nitrogens is 1. The Morgan fingerprint density at radius 2 is 2.19 bits per heavy atom. The number of likely N-dealkylation sites (N-methyl/N-ethyl adjacent to an activating group) is 1. The number of pyridine rings is 1. The second-order valence-corrected chi connectivity index (χ2v) is 3.99. The summed E-state index contributed by atoms with van der Waals surface area (Å²) in [4.78, 5) is 6.39. The van der Waals surface area contributed by atoms with Crippen molar-refractivity contribution in [1.82, 2.24) is 9.88 Å². The van der Waals surface area contributed by atoms with Crippen LogP contribution in [0.25, 0.3) is 0 Å². The molecule has 0 saturated carbocycles. The zero-order valence-electron chi connectivity index (χ0n) is 10.3. The lowest BCUT2D eigenvalue weighted by molar-refractivity contribution is 0.326. The SMILES string of the molecule is COc1nc(NCC(C)N(C)C)ccc1N. The summed E-state index contributed by atoms with van der Waals surface area (Å²) in [5.74, 6) is 1.24. The lowest BCUT2D eigenvalue weighted by Gasteiger charge is -2.20. The van der Waals surface area contributed by atoms with Crippen molar-refractivity contribution in [3.8, 4) is 5.88 Å². The number of rotatable bonds is 5. The minimum atomic E-state index is 0.436. The first-order valence-electron chi connectivity index (χ1n) is 5.25. The van der Waals surface area contributed by atoms with E-state index in [-0.39, 0.29) is 0 Å². The van der Waals surface area contributed by atoms with Gasteiger partial charge in [-0.2, -0.15) is 4.98 Å². The van der Waals surface area contributed by atoms with E-state index in [1.54, 1.807) is 13.2 Å². The standard InChI is InChI=1S/C11H20N4O/c1-8(15(2)3)7-13-10-6-5-9(12)11(14-10)16-4/h5-6,8H,7,12H2,1-4H3,(H,13,14). The van der Waals surface area contributed by atoms with Crippen LogP contribution in [0.5, 0.6) is 5.88 Å². The van der Waals surface area contributed by atoms with E-state index < -0.39 is 0 Å². The fourth-order valence-electron chi connectivity index (χ4n) is 1.15. The minimum Gasteiger partial charge on any atom is -0.479 e. The molecular weight excluding hydrogens is 204 g/mol. The number of hydrogen-bond acceptors (Lipinski definition) is 5. The molecule has 5 heteroatoms. The maximum Gasteiger partial charge on any atom is 0.238 e. The van der Waals surface area contributed by atoms with Crippen LogP contribution in [0, 0.1) is 0 Å². The number of nitrogens with two attached hydrogens (primary N) is 1. The molecule has 1 aromatic rings. The first-order chi connectivity index (χ1) is 7.54. The molecule has 1 unspecified atom stereocenters. The Hall–Kier alpha value is -1.49. The van der Waals surface area contributed by atoms with Crippen molar-refractivity contribution in [2.45, 2.75) is 13.0 Å². The molecule has 16 heavy (non-hydrogen) atoms. The number of hydrogen-bond donors (Lipinski definition) is 2. The van der Waals surface area contributed by atoms with Crippen molar-refractivity contribution in [1.29, 1.82) is 0 Å². The molecular formula is C11H20N4O. The Morgan fingerprint density at radius 1 is 1.50 bits per heavy atom. The fraction of sp³-hybridized carbons (Fsp3) is 0.545. The molecule has 0 aliphatic carbocycles. The number of nitrogens with one attached hydrogen (secondary N) is 1. The van der Waals surface area contributed by atoms with Crippen LogP contribution in [0.1, 0.15) is 6.92 Å². The maximum absolute atomic E-state index is 5.68. The third-order valence-electron chi connectivity index (χ3n) is 2.54. The van der Waals surface area contributed by atoms with E-state index in [1.165, 1.54) is 0 Å². The highest BCUT2D eigenvalue weighted by Gasteiger charge is 2.06. The first-order valence-corrected chi connectivity index (χ1v) is 5.25. The Kier molecular flexibility index (Phi) is 4.37. The normalized spacial score (nSPS) is 12.6. The van der Waals surface area contributed by atoms with Crippen LogP contribution < -0.4 is 15.8 Å². The number of nitrogen functional groups attached to an aromatic ring is 1. The van der Waals surface area contributed by atoms with Crippen molar-refractivity contribution in [3.63, 3.8) is 0 Å². The second kappa shape index (κ2) is 5.55. The molecule has 1 atom stereocenters. The summed E-state index contributed by atoms with van der Waals surface area (Å²) < 4.78 is 5.05. The van der Waals surface area contributed by atoms with Crippen LogP contribution in [0.15, 0.2) is 12.1 Å². The summed E-state index contributed by atoms with van der Waals surface area (Å²) in [6.07, 6.45) is 0. The van der Waals surface area contributed by atoms with Crippen LogP contribution in [0.3, 0.4) is 0 Å². The second-order valence-electron chi connectivity index (χ2n) is 3.99. The number of methoxy groups -OCH3 is 1. The number of ether oxygens (including phenoxy) is 1. The molecule has 1 heterocycles. The predicted octanol–water partition coefficient (Wildman–Crippen LogP) is 1.03. The van der Waals surface area contributed by atoms with Crippen molar-refractivity contribution in [3.05, 3.63) is 12.1 Å². The third kappa shape index (κ3) is 3.27. The zero-order valence-corrected chi connectivity index (χ0v) is 10.3. The molecule has 0 fully saturated rings. The van der Waals surface area contributed by atoms with Gasteiger partial charge < -0.3 is 20.7 Å². The molecule has 0 spiro atoms. The van der Waals surface area contributed by atoms with Crippen molar-refractivity contribution >= 4 is 11.5 Å². The van der Waals surface area contributed by atoms with Crippen molar-refractivity contribution in [2.75, 3.05) is 38.8 Å². The molecule has 0 saturated heterocycles. The Balaban J connectivity index is 2.61. The average molecular weight is 224 g/mol. The van der Waals surface area contributed by atoms with E-state index in [1.807, 2.05) is 20.2 Å². The lowest BCUT2D eigenvalue weighted by Crippen LogP contribution is -2.31. The van der Waals surface area contributed by atoms with Gasteiger partial charge >= 0.3 is 0 Å². The average Bonchev–Trinajstić information content (AvgIpc) is 2.27. The largest absolute Gasteiger partial charge is 0.479 e. The molecule has 0 radical (unpaired) electrons. The first kappa shape index (κ1) is 12.6. The molecule has 90 valence electrons. The molecule has 0 aliphatic heterocycles. The Labute approximate surface area is 96.6 Å². The Bertz CT molecular complexity index is 341. The van der Waals surface area contributed by atoms with E-state index in [2.05, 4.69) is 22.1 Å². The van der Waals surface area contributed by atoms with Gasteiger partial charge in [0.25, 0.3) is 0 Å². The maximum atomic E-state index is 5.68. The van der Waals surface area contributed by atoms with Crippen LogP contribution in [0.4, 0.5) is 11.5 Å². The van der Waals surface area contributed by atoms with Gasteiger partial charge in [-0.25, -0.2) is 0 Å². The highest BCUT2D eigenvalue weighted by molar-refractivity contribution is 5.53. The van der Waals surface area contributed by atoms with Gasteiger partial charge in [0.05, 0.1) is 12.8 Å². The van der Waals surface area contributed by atoms with Crippen LogP contribution >= 0.6 is 0 Å². The van der Waals surface area contributed by atoms with Gasteiger partial charge in [0.1, 0.15) is 5.82 Å². The molecule has 0 aromatic carbocycles. The molecule has 5 nitrogen and oxygen atoms in total. The van der Waals surface area contributed by atoms with E-state index in [9.17, 15) is 0 Å². The van der Waals surface area contributed by atoms with Gasteiger partial charge in [0.2, 0.25) is 5.88 Å². The van der Waals surface area contributed by atoms with E-state index in [4.69, 9.17) is 10.5 Å². The molecule has 0 amide bonds. The van der Waals surface area contributed by atoms with E-state index in [0.717, 1.165) is 12.4 Å². The number of nitrogens with zero attached hydrogens (tertiary/aromatic N) is 2. The third-order valence-corrected chi connectivity index (χ3v) is 2.54. The van der Waals surface area contributed by atoms with Gasteiger partial charge in [-0.1, -0.05) is 0 Å². The summed E-state index contributed by atoms with van der Waals surface area (Å²) in [6, 6.07) is 4.07. The van der Waals surface area contributed by atoms with Gasteiger partial charge in [-0.15, -0.1) is 0 Å². The Morgan fingerprint density at radius 3 is 2.75 bits per heavy atom. The van der Waals surface area contributed by atoms with Crippen molar-refractivity contribution < 1.29 is 4.74 Å². The summed E-state index contributed by atoms with van der Waals surface area (Å²) in [6.45, 7) is 2.97. The highest BCUT2D eigenvalue weighted by Crippen LogP contribution is 2.19. The summed E-state index contributed by atoms with van der Waals surface area (Å²) in [7, 11) is 5.65. The van der Waals surface area contributed by atoms with Crippen molar-refractivity contribution in [2.24, 2.45) is 0 Å². The predicted molar refractivity (Wildman–Crippen MR) is 66.8 cm³/mol. The summed E-state index contributed by atoms with van der Waals surface area (Å²) in [5.41, 5.74) is 6.23. The van der Waals surface area contributed by atoms with Crippen LogP contribution in [-0.4, -0.2) is 43.7 Å². The zero-order chi connectivity index (χ0) is 12.1. The number of anilines is 2. The van der Waals surface area contributed by atoms with Crippen LogP contribution in [-0.2, 0) is 0 Å². The van der Waals surface area contributed by atoms with Gasteiger partial charge in [0, 0.05) is 12.6 Å². The lowest BCUT2D eigenvalue weighted by atomic mass is 10.3. The molecule has 1 aromatic heterocycles. The minimum absolute atomic E-state index is 0.436. The molecule has 1 rings (SSSR count). The summed E-state index contributed by atoms with van der Waals surface area (Å²) >= 11 is 0.